The van der Waals surface area contributed by atoms with Crippen molar-refractivity contribution in [3.8, 4) is 22.6 Å². The van der Waals surface area contributed by atoms with Gasteiger partial charge in [-0.1, -0.05) is 6.07 Å². The minimum absolute atomic E-state index is 0.00172. The summed E-state index contributed by atoms with van der Waals surface area (Å²) in [5.74, 6) is 0.297. The van der Waals surface area contributed by atoms with Gasteiger partial charge in [0, 0.05) is 35.6 Å². The summed E-state index contributed by atoms with van der Waals surface area (Å²) in [6, 6.07) is 14.3. The summed E-state index contributed by atoms with van der Waals surface area (Å²) in [7, 11) is 0. The molecule has 3 aromatic rings. The molecule has 1 aliphatic heterocycles. The molecule has 0 fully saturated rings. The Morgan fingerprint density at radius 3 is 2.68 bits per heavy atom. The summed E-state index contributed by atoms with van der Waals surface area (Å²) >= 11 is 0. The van der Waals surface area contributed by atoms with E-state index in [0.717, 1.165) is 53.3 Å². The minimum atomic E-state index is -0.272. The van der Waals surface area contributed by atoms with Gasteiger partial charge in [0.2, 0.25) is 0 Å². The first kappa shape index (κ1) is 20.7. The number of nitrogens with zero attached hydrogens (tertiary/aromatic N) is 2. The molecule has 1 atom stereocenters. The van der Waals surface area contributed by atoms with Gasteiger partial charge in [-0.15, -0.1) is 0 Å². The SMILES string of the molecule is CCNc1ccc(-c2ccc3c(c2)CC[C@H](C)N3C(=O)c2ccc(O)cc2O)c(C)n1. The molecule has 0 aliphatic carbocycles. The van der Waals surface area contributed by atoms with E-state index >= 15 is 0 Å². The standard InChI is InChI=1S/C25H27N3O3/c1-4-26-24-12-10-20(16(3)27-24)17-7-11-22-18(13-17)6-5-15(2)28(22)25(31)21-9-8-19(29)14-23(21)30/h7-15,29-30H,4-6H2,1-3H3,(H,26,27)/t15-/m0/s1. The molecular weight excluding hydrogens is 390 g/mol. The van der Waals surface area contributed by atoms with E-state index in [9.17, 15) is 15.0 Å². The van der Waals surface area contributed by atoms with Crippen molar-refractivity contribution in [2.45, 2.75) is 39.7 Å². The number of aromatic hydroxyl groups is 2. The summed E-state index contributed by atoms with van der Waals surface area (Å²) in [4.78, 5) is 19.7. The molecule has 1 amide bonds. The van der Waals surface area contributed by atoms with Gasteiger partial charge in [0.1, 0.15) is 17.3 Å². The van der Waals surface area contributed by atoms with Gasteiger partial charge >= 0.3 is 0 Å². The van der Waals surface area contributed by atoms with Crippen LogP contribution in [0.25, 0.3) is 11.1 Å². The highest BCUT2D eigenvalue weighted by Crippen LogP contribution is 2.37. The molecule has 0 unspecified atom stereocenters. The lowest BCUT2D eigenvalue weighted by Gasteiger charge is -2.36. The van der Waals surface area contributed by atoms with Gasteiger partial charge in [-0.2, -0.15) is 0 Å². The minimum Gasteiger partial charge on any atom is -0.508 e. The molecular formula is C25H27N3O3. The smallest absolute Gasteiger partial charge is 0.262 e. The van der Waals surface area contributed by atoms with Crippen molar-refractivity contribution < 1.29 is 15.0 Å². The van der Waals surface area contributed by atoms with Crippen LogP contribution in [0.1, 0.15) is 41.9 Å². The maximum Gasteiger partial charge on any atom is 0.262 e. The quantitative estimate of drug-likeness (QED) is 0.563. The topological polar surface area (TPSA) is 85.7 Å². The van der Waals surface area contributed by atoms with Gasteiger partial charge < -0.3 is 20.4 Å². The number of carbonyl (C=O) groups excluding carboxylic acids is 1. The molecule has 0 bridgehead atoms. The number of nitrogens with one attached hydrogen (secondary N) is 1. The number of hydrogen-bond donors (Lipinski definition) is 3. The first-order valence-electron chi connectivity index (χ1n) is 10.6. The summed E-state index contributed by atoms with van der Waals surface area (Å²) < 4.78 is 0. The van der Waals surface area contributed by atoms with Crippen molar-refractivity contribution in [2.75, 3.05) is 16.8 Å². The number of hydrogen-bond acceptors (Lipinski definition) is 5. The van der Waals surface area contributed by atoms with Crippen LogP contribution in [-0.2, 0) is 6.42 Å². The summed E-state index contributed by atoms with van der Waals surface area (Å²) in [6.07, 6.45) is 1.70. The van der Waals surface area contributed by atoms with Crippen LogP contribution in [0.4, 0.5) is 11.5 Å². The zero-order valence-corrected chi connectivity index (χ0v) is 18.0. The fourth-order valence-corrected chi connectivity index (χ4v) is 4.21. The van der Waals surface area contributed by atoms with Gasteiger partial charge in [0.15, 0.2) is 0 Å². The van der Waals surface area contributed by atoms with Crippen LogP contribution < -0.4 is 10.2 Å². The van der Waals surface area contributed by atoms with Crippen LogP contribution in [0.15, 0.2) is 48.5 Å². The molecule has 3 N–H and O–H groups in total. The average molecular weight is 418 g/mol. The fourth-order valence-electron chi connectivity index (χ4n) is 4.21. The number of aromatic nitrogens is 1. The van der Waals surface area contributed by atoms with Crippen molar-refractivity contribution in [3.05, 3.63) is 65.4 Å². The molecule has 0 saturated carbocycles. The number of phenols is 2. The Morgan fingerprint density at radius 2 is 1.97 bits per heavy atom. The van der Waals surface area contributed by atoms with Crippen LogP contribution in [0, 0.1) is 6.92 Å². The maximum absolute atomic E-state index is 13.3. The van der Waals surface area contributed by atoms with Crippen LogP contribution in [0.2, 0.25) is 0 Å². The van der Waals surface area contributed by atoms with Crippen molar-refractivity contribution >= 4 is 17.4 Å². The third-order valence-corrected chi connectivity index (χ3v) is 5.80. The second-order valence-corrected chi connectivity index (χ2v) is 7.97. The summed E-state index contributed by atoms with van der Waals surface area (Å²) in [5.41, 5.74) is 5.22. The van der Waals surface area contributed by atoms with E-state index in [-0.39, 0.29) is 29.0 Å². The lowest BCUT2D eigenvalue weighted by Crippen LogP contribution is -2.42. The molecule has 4 rings (SSSR count). The molecule has 160 valence electrons. The monoisotopic (exact) mass is 417 g/mol. The molecule has 2 heterocycles. The zero-order chi connectivity index (χ0) is 22.1. The lowest BCUT2D eigenvalue weighted by molar-refractivity contribution is 0.0972. The van der Waals surface area contributed by atoms with Crippen LogP contribution in [-0.4, -0.2) is 33.7 Å². The molecule has 1 aliphatic rings. The van der Waals surface area contributed by atoms with Crippen LogP contribution in [0.5, 0.6) is 11.5 Å². The van der Waals surface area contributed by atoms with Gasteiger partial charge in [0.05, 0.1) is 5.56 Å². The Labute approximate surface area is 182 Å². The normalized spacial score (nSPS) is 15.5. The molecule has 31 heavy (non-hydrogen) atoms. The molecule has 1 aromatic heterocycles. The number of carbonyl (C=O) groups is 1. The largest absolute Gasteiger partial charge is 0.508 e. The first-order valence-corrected chi connectivity index (χ1v) is 10.6. The number of pyridine rings is 1. The Kier molecular flexibility index (Phi) is 5.55. The molecule has 0 spiro atoms. The van der Waals surface area contributed by atoms with Gasteiger partial charge in [0.25, 0.3) is 5.91 Å². The number of anilines is 2. The van der Waals surface area contributed by atoms with E-state index in [1.807, 2.05) is 39.0 Å². The molecule has 6 heteroatoms. The number of rotatable bonds is 4. The Hall–Kier alpha value is -3.54. The number of benzene rings is 2. The van der Waals surface area contributed by atoms with E-state index in [1.165, 1.54) is 18.2 Å². The highest BCUT2D eigenvalue weighted by molar-refractivity contribution is 6.09. The van der Waals surface area contributed by atoms with E-state index < -0.39 is 0 Å². The predicted octanol–water partition coefficient (Wildman–Crippen LogP) is 4.88. The summed E-state index contributed by atoms with van der Waals surface area (Å²) in [6.45, 7) is 6.88. The second-order valence-electron chi connectivity index (χ2n) is 7.97. The first-order chi connectivity index (χ1) is 14.9. The number of phenolic OH excluding ortho intramolecular Hbond substituents is 2. The molecule has 0 radical (unpaired) electrons. The Balaban J connectivity index is 1.71. The number of fused-ring (bicyclic) bond motifs is 1. The predicted molar refractivity (Wildman–Crippen MR) is 123 cm³/mol. The highest BCUT2D eigenvalue weighted by Gasteiger charge is 2.30. The second kappa shape index (κ2) is 8.30. The average Bonchev–Trinajstić information content (AvgIpc) is 2.73. The Bertz CT molecular complexity index is 1140. The lowest BCUT2D eigenvalue weighted by atomic mass is 9.92. The third-order valence-electron chi connectivity index (χ3n) is 5.80. The number of amides is 1. The highest BCUT2D eigenvalue weighted by atomic mass is 16.3. The van der Waals surface area contributed by atoms with Crippen molar-refractivity contribution in [1.29, 1.82) is 0 Å². The fraction of sp³-hybridized carbons (Fsp3) is 0.280. The molecule has 2 aromatic carbocycles. The van der Waals surface area contributed by atoms with Crippen LogP contribution in [0.3, 0.4) is 0 Å². The van der Waals surface area contributed by atoms with Gasteiger partial charge in [-0.05, 0) is 81.1 Å². The molecule has 6 nitrogen and oxygen atoms in total. The van der Waals surface area contributed by atoms with Crippen molar-refractivity contribution in [2.24, 2.45) is 0 Å². The van der Waals surface area contributed by atoms with E-state index in [1.54, 1.807) is 4.90 Å². The zero-order valence-electron chi connectivity index (χ0n) is 18.0. The van der Waals surface area contributed by atoms with Crippen molar-refractivity contribution in [3.63, 3.8) is 0 Å². The van der Waals surface area contributed by atoms with Gasteiger partial charge in [-0.3, -0.25) is 4.79 Å². The van der Waals surface area contributed by atoms with E-state index in [2.05, 4.69) is 22.4 Å². The van der Waals surface area contributed by atoms with Crippen LogP contribution >= 0.6 is 0 Å². The molecule has 0 saturated heterocycles. The van der Waals surface area contributed by atoms with Crippen molar-refractivity contribution in [1.82, 2.24) is 4.98 Å². The van der Waals surface area contributed by atoms with E-state index in [4.69, 9.17) is 0 Å². The van der Waals surface area contributed by atoms with Gasteiger partial charge in [-0.25, -0.2) is 4.98 Å². The maximum atomic E-state index is 13.3. The number of aryl methyl sites for hydroxylation is 2. The third kappa shape index (κ3) is 3.93. The Morgan fingerprint density at radius 1 is 1.16 bits per heavy atom. The van der Waals surface area contributed by atoms with E-state index in [0.29, 0.717) is 0 Å². The summed E-state index contributed by atoms with van der Waals surface area (Å²) in [5, 5.41) is 23.0.